The molecule has 1 atom stereocenters. The summed E-state index contributed by atoms with van der Waals surface area (Å²) in [6, 6.07) is 10.8. The minimum absolute atomic E-state index is 0.0749. The molecule has 0 unspecified atom stereocenters. The minimum Gasteiger partial charge on any atom is -0.326 e. The molecule has 0 aliphatic carbocycles. The number of unbranched alkanes of at least 4 members (excludes halogenated alkanes) is 1. The fraction of sp³-hybridized carbons (Fsp3) is 0.333. The van der Waals surface area contributed by atoms with Gasteiger partial charge >= 0.3 is 6.18 Å². The number of halogens is 3. The average Bonchev–Trinajstić information content (AvgIpc) is 2.67. The average molecular weight is 422 g/mol. The number of thioether (sulfide) groups is 1. The summed E-state index contributed by atoms with van der Waals surface area (Å²) >= 11 is 1.09. The summed E-state index contributed by atoms with van der Waals surface area (Å²) in [5.74, 6) is -0.804. The van der Waals surface area contributed by atoms with Crippen LogP contribution in [-0.2, 0) is 22.2 Å². The van der Waals surface area contributed by atoms with Gasteiger partial charge in [0.1, 0.15) is 0 Å². The Morgan fingerprint density at radius 1 is 1.17 bits per heavy atom. The number of aryl methyl sites for hydroxylation is 1. The molecule has 0 bridgehead atoms. The summed E-state index contributed by atoms with van der Waals surface area (Å²) < 4.78 is 38.5. The van der Waals surface area contributed by atoms with Crippen LogP contribution in [0.15, 0.2) is 47.4 Å². The zero-order chi connectivity index (χ0) is 21.0. The zero-order valence-corrected chi connectivity index (χ0v) is 16.6. The number of hydrogen-bond acceptors (Lipinski definition) is 3. The number of carbonyl (C=O) groups is 2. The van der Waals surface area contributed by atoms with E-state index in [2.05, 4.69) is 17.6 Å². The molecule has 0 saturated heterocycles. The van der Waals surface area contributed by atoms with E-state index in [1.165, 1.54) is 11.6 Å². The zero-order valence-electron chi connectivity index (χ0n) is 15.8. The molecule has 0 fully saturated rings. The normalized spacial score (nSPS) is 16.1. The van der Waals surface area contributed by atoms with Crippen molar-refractivity contribution in [1.29, 1.82) is 0 Å². The van der Waals surface area contributed by atoms with Gasteiger partial charge < -0.3 is 10.6 Å². The molecule has 0 spiro atoms. The number of rotatable bonds is 6. The maximum Gasteiger partial charge on any atom is 0.416 e. The molecular formula is C21H21F3N2O2S. The Kier molecular flexibility index (Phi) is 6.52. The number of fused-ring (bicyclic) bond motifs is 1. The fourth-order valence-corrected chi connectivity index (χ4v) is 4.07. The fourth-order valence-electron chi connectivity index (χ4n) is 2.98. The Morgan fingerprint density at radius 3 is 2.55 bits per heavy atom. The highest BCUT2D eigenvalue weighted by Crippen LogP contribution is 2.40. The summed E-state index contributed by atoms with van der Waals surface area (Å²) in [6.45, 7) is 2.13. The minimum atomic E-state index is -4.48. The SMILES string of the molecule is CCCCc1ccc(NC(=O)C[C@@H]2Sc3ccc(C(F)(F)F)cc3NC2=O)cc1. The van der Waals surface area contributed by atoms with E-state index in [1.807, 2.05) is 24.3 Å². The molecule has 1 aliphatic heterocycles. The molecule has 2 aromatic carbocycles. The maximum atomic E-state index is 12.8. The highest BCUT2D eigenvalue weighted by Gasteiger charge is 2.34. The molecule has 29 heavy (non-hydrogen) atoms. The van der Waals surface area contributed by atoms with E-state index in [1.54, 1.807) is 0 Å². The van der Waals surface area contributed by atoms with Crippen molar-refractivity contribution in [3.8, 4) is 0 Å². The number of anilines is 2. The number of amides is 2. The van der Waals surface area contributed by atoms with Crippen molar-refractivity contribution in [2.75, 3.05) is 10.6 Å². The van der Waals surface area contributed by atoms with Crippen LogP contribution in [0, 0.1) is 0 Å². The summed E-state index contributed by atoms with van der Waals surface area (Å²) in [5, 5.41) is 4.54. The molecular weight excluding hydrogens is 401 g/mol. The predicted octanol–water partition coefficient (Wildman–Crippen LogP) is 5.49. The van der Waals surface area contributed by atoms with Crippen molar-refractivity contribution in [3.63, 3.8) is 0 Å². The predicted molar refractivity (Wildman–Crippen MR) is 108 cm³/mol. The van der Waals surface area contributed by atoms with Gasteiger partial charge in [0, 0.05) is 17.0 Å². The van der Waals surface area contributed by atoms with Gasteiger partial charge in [0.2, 0.25) is 11.8 Å². The topological polar surface area (TPSA) is 58.2 Å². The van der Waals surface area contributed by atoms with E-state index < -0.39 is 22.9 Å². The molecule has 1 aliphatic rings. The summed E-state index contributed by atoms with van der Waals surface area (Å²) in [4.78, 5) is 25.1. The number of hydrogen-bond donors (Lipinski definition) is 2. The Balaban J connectivity index is 1.60. The van der Waals surface area contributed by atoms with Crippen molar-refractivity contribution in [2.24, 2.45) is 0 Å². The van der Waals surface area contributed by atoms with Gasteiger partial charge in [0.25, 0.3) is 0 Å². The lowest BCUT2D eigenvalue weighted by Gasteiger charge is -2.24. The lowest BCUT2D eigenvalue weighted by molar-refractivity contribution is -0.137. The Labute approximate surface area is 171 Å². The van der Waals surface area contributed by atoms with Gasteiger partial charge in [0.15, 0.2) is 0 Å². The van der Waals surface area contributed by atoms with E-state index in [-0.39, 0.29) is 18.0 Å². The molecule has 8 heteroatoms. The maximum absolute atomic E-state index is 12.8. The standard InChI is InChI=1S/C21H21F3N2O2S/c1-2-3-4-13-5-8-15(9-6-13)25-19(27)12-18-20(28)26-16-11-14(21(22,23)24)7-10-17(16)29-18/h5-11,18H,2-4,12H2,1H3,(H,25,27)(H,26,28)/t18-/m0/s1. The number of carbonyl (C=O) groups excluding carboxylic acids is 2. The monoisotopic (exact) mass is 422 g/mol. The number of nitrogens with one attached hydrogen (secondary N) is 2. The molecule has 0 radical (unpaired) electrons. The van der Waals surface area contributed by atoms with E-state index in [0.717, 1.165) is 43.2 Å². The van der Waals surface area contributed by atoms with Gasteiger partial charge in [0.05, 0.1) is 16.5 Å². The van der Waals surface area contributed by atoms with Crippen LogP contribution in [0.2, 0.25) is 0 Å². The highest BCUT2D eigenvalue weighted by molar-refractivity contribution is 8.01. The quantitative estimate of drug-likeness (QED) is 0.647. The number of benzene rings is 2. The molecule has 0 saturated carbocycles. The van der Waals surface area contributed by atoms with Gasteiger partial charge in [-0.2, -0.15) is 13.2 Å². The third-order valence-corrected chi connectivity index (χ3v) is 5.83. The van der Waals surface area contributed by atoms with Crippen LogP contribution in [0.4, 0.5) is 24.5 Å². The molecule has 3 rings (SSSR count). The van der Waals surface area contributed by atoms with Crippen LogP contribution in [0.5, 0.6) is 0 Å². The largest absolute Gasteiger partial charge is 0.416 e. The van der Waals surface area contributed by atoms with Gasteiger partial charge in [-0.15, -0.1) is 11.8 Å². The van der Waals surface area contributed by atoms with Crippen molar-refractivity contribution in [3.05, 3.63) is 53.6 Å². The summed E-state index contributed by atoms with van der Waals surface area (Å²) in [6.07, 6.45) is -1.35. The van der Waals surface area contributed by atoms with Crippen molar-refractivity contribution in [2.45, 2.75) is 48.9 Å². The first-order chi connectivity index (χ1) is 13.8. The van der Waals surface area contributed by atoms with Crippen molar-refractivity contribution in [1.82, 2.24) is 0 Å². The molecule has 4 nitrogen and oxygen atoms in total. The number of alkyl halides is 3. The lowest BCUT2D eigenvalue weighted by Crippen LogP contribution is -2.32. The van der Waals surface area contributed by atoms with Gasteiger partial charge in [-0.1, -0.05) is 25.5 Å². The van der Waals surface area contributed by atoms with Crippen LogP contribution in [-0.4, -0.2) is 17.1 Å². The van der Waals surface area contributed by atoms with Gasteiger partial charge in [-0.05, 0) is 48.7 Å². The Hall–Kier alpha value is -2.48. The second-order valence-electron chi connectivity index (χ2n) is 6.86. The molecule has 2 aromatic rings. The Morgan fingerprint density at radius 2 is 1.90 bits per heavy atom. The highest BCUT2D eigenvalue weighted by atomic mass is 32.2. The van der Waals surface area contributed by atoms with E-state index in [0.29, 0.717) is 10.6 Å². The van der Waals surface area contributed by atoms with Gasteiger partial charge in [-0.3, -0.25) is 9.59 Å². The molecule has 0 aromatic heterocycles. The molecule has 1 heterocycles. The Bertz CT molecular complexity index is 898. The third kappa shape index (κ3) is 5.53. The third-order valence-electron chi connectivity index (χ3n) is 4.55. The molecule has 154 valence electrons. The first-order valence-corrected chi connectivity index (χ1v) is 10.2. The lowest BCUT2D eigenvalue weighted by atomic mass is 10.1. The van der Waals surface area contributed by atoms with Crippen LogP contribution in [0.3, 0.4) is 0 Å². The second-order valence-corrected chi connectivity index (χ2v) is 8.10. The first-order valence-electron chi connectivity index (χ1n) is 9.34. The van der Waals surface area contributed by atoms with E-state index >= 15 is 0 Å². The molecule has 2 amide bonds. The van der Waals surface area contributed by atoms with E-state index in [4.69, 9.17) is 0 Å². The smallest absolute Gasteiger partial charge is 0.326 e. The van der Waals surface area contributed by atoms with Crippen LogP contribution < -0.4 is 10.6 Å². The van der Waals surface area contributed by atoms with Gasteiger partial charge in [-0.25, -0.2) is 0 Å². The summed E-state index contributed by atoms with van der Waals surface area (Å²) in [7, 11) is 0. The molecule has 2 N–H and O–H groups in total. The van der Waals surface area contributed by atoms with E-state index in [9.17, 15) is 22.8 Å². The summed E-state index contributed by atoms with van der Waals surface area (Å²) in [5.41, 5.74) is 1.14. The van der Waals surface area contributed by atoms with Crippen LogP contribution >= 0.6 is 11.8 Å². The second kappa shape index (κ2) is 8.90. The van der Waals surface area contributed by atoms with Crippen molar-refractivity contribution < 1.29 is 22.8 Å². The van der Waals surface area contributed by atoms with Crippen LogP contribution in [0.25, 0.3) is 0 Å². The first kappa shape index (κ1) is 21.2. The van der Waals surface area contributed by atoms with Crippen LogP contribution in [0.1, 0.15) is 37.3 Å². The van der Waals surface area contributed by atoms with Crippen molar-refractivity contribution >= 4 is 35.0 Å².